The number of anilines is 1. The Morgan fingerprint density at radius 3 is 2.35 bits per heavy atom. The molecule has 1 heterocycles. The molecule has 1 saturated heterocycles. The van der Waals surface area contributed by atoms with Gasteiger partial charge in [-0.05, 0) is 30.3 Å². The van der Waals surface area contributed by atoms with Gasteiger partial charge in [0, 0.05) is 37.8 Å². The van der Waals surface area contributed by atoms with Crippen molar-refractivity contribution in [3.05, 3.63) is 42.0 Å². The lowest BCUT2D eigenvalue weighted by Gasteiger charge is -2.27. The van der Waals surface area contributed by atoms with Gasteiger partial charge in [-0.1, -0.05) is 0 Å². The zero-order valence-electron chi connectivity index (χ0n) is 15.0. The second kappa shape index (κ2) is 7.97. The highest BCUT2D eigenvalue weighted by molar-refractivity contribution is 5.95. The highest BCUT2D eigenvalue weighted by atomic mass is 16.5. The van der Waals surface area contributed by atoms with Crippen LogP contribution in [0.25, 0.3) is 0 Å². The van der Waals surface area contributed by atoms with E-state index in [4.69, 9.17) is 19.9 Å². The van der Waals surface area contributed by atoms with Gasteiger partial charge in [0.1, 0.15) is 11.5 Å². The van der Waals surface area contributed by atoms with Crippen LogP contribution in [0.5, 0.6) is 23.0 Å². The van der Waals surface area contributed by atoms with Crippen LogP contribution in [0.3, 0.4) is 0 Å². The van der Waals surface area contributed by atoms with Crippen LogP contribution < -0.4 is 25.3 Å². The Hall–Kier alpha value is -2.93. The first-order valence-electron chi connectivity index (χ1n) is 8.42. The molecule has 138 valence electrons. The van der Waals surface area contributed by atoms with E-state index >= 15 is 0 Å². The summed E-state index contributed by atoms with van der Waals surface area (Å²) in [6.45, 7) is 3.01. The summed E-state index contributed by atoms with van der Waals surface area (Å²) in [5, 5.41) is 3.23. The largest absolute Gasteiger partial charge is 0.493 e. The number of amides is 1. The van der Waals surface area contributed by atoms with Crippen LogP contribution >= 0.6 is 0 Å². The van der Waals surface area contributed by atoms with Crippen LogP contribution in [-0.4, -0.2) is 51.2 Å². The SMILES string of the molecule is COc1ccc(Oc2ccc(C(=O)N3CCNCC3)cc2N)cc1OC. The third-order valence-corrected chi connectivity index (χ3v) is 4.24. The number of carbonyl (C=O) groups excluding carboxylic acids is 1. The quantitative estimate of drug-likeness (QED) is 0.797. The summed E-state index contributed by atoms with van der Waals surface area (Å²) in [4.78, 5) is 14.4. The first-order valence-corrected chi connectivity index (χ1v) is 8.42. The monoisotopic (exact) mass is 357 g/mol. The molecule has 1 aliphatic rings. The van der Waals surface area contributed by atoms with Crippen molar-refractivity contribution in [1.82, 2.24) is 10.2 Å². The first kappa shape index (κ1) is 17.9. The van der Waals surface area contributed by atoms with Crippen molar-refractivity contribution in [2.24, 2.45) is 0 Å². The molecule has 26 heavy (non-hydrogen) atoms. The normalized spacial score (nSPS) is 14.0. The highest BCUT2D eigenvalue weighted by Gasteiger charge is 2.19. The van der Waals surface area contributed by atoms with Crippen molar-refractivity contribution < 1.29 is 19.0 Å². The first-order chi connectivity index (χ1) is 12.6. The second-order valence-electron chi connectivity index (χ2n) is 5.91. The van der Waals surface area contributed by atoms with Crippen molar-refractivity contribution in [1.29, 1.82) is 0 Å². The number of nitrogens with one attached hydrogen (secondary N) is 1. The lowest BCUT2D eigenvalue weighted by Crippen LogP contribution is -2.46. The molecule has 0 radical (unpaired) electrons. The van der Waals surface area contributed by atoms with Crippen LogP contribution in [0.1, 0.15) is 10.4 Å². The molecule has 0 aromatic heterocycles. The van der Waals surface area contributed by atoms with E-state index in [9.17, 15) is 4.79 Å². The van der Waals surface area contributed by atoms with E-state index in [2.05, 4.69) is 5.32 Å². The third kappa shape index (κ3) is 3.83. The van der Waals surface area contributed by atoms with Gasteiger partial charge in [-0.25, -0.2) is 0 Å². The minimum Gasteiger partial charge on any atom is -0.493 e. The van der Waals surface area contributed by atoms with Gasteiger partial charge in [0.2, 0.25) is 0 Å². The number of carbonyl (C=O) groups is 1. The Morgan fingerprint density at radius 1 is 1.00 bits per heavy atom. The number of benzene rings is 2. The van der Waals surface area contributed by atoms with Gasteiger partial charge in [-0.15, -0.1) is 0 Å². The summed E-state index contributed by atoms with van der Waals surface area (Å²) >= 11 is 0. The van der Waals surface area contributed by atoms with Gasteiger partial charge in [0.25, 0.3) is 5.91 Å². The molecule has 0 spiro atoms. The number of rotatable bonds is 5. The Labute approximate surface area is 152 Å². The van der Waals surface area contributed by atoms with Gasteiger partial charge >= 0.3 is 0 Å². The summed E-state index contributed by atoms with van der Waals surface area (Å²) in [6.07, 6.45) is 0. The molecule has 1 aliphatic heterocycles. The van der Waals surface area contributed by atoms with E-state index in [1.54, 1.807) is 50.6 Å². The summed E-state index contributed by atoms with van der Waals surface area (Å²) in [5.41, 5.74) is 7.06. The predicted molar refractivity (Wildman–Crippen MR) is 99.2 cm³/mol. The fraction of sp³-hybridized carbons (Fsp3) is 0.316. The molecule has 0 aliphatic carbocycles. The third-order valence-electron chi connectivity index (χ3n) is 4.24. The maximum atomic E-state index is 12.5. The standard InChI is InChI=1S/C19H23N3O4/c1-24-17-6-4-14(12-18(17)25-2)26-16-5-3-13(11-15(16)20)19(23)22-9-7-21-8-10-22/h3-6,11-12,21H,7-10,20H2,1-2H3. The van der Waals surface area contributed by atoms with Gasteiger partial charge < -0.3 is 30.2 Å². The lowest BCUT2D eigenvalue weighted by atomic mass is 10.1. The van der Waals surface area contributed by atoms with E-state index in [1.807, 2.05) is 4.90 Å². The van der Waals surface area contributed by atoms with Crippen LogP contribution in [0.15, 0.2) is 36.4 Å². The van der Waals surface area contributed by atoms with Gasteiger partial charge in [0.05, 0.1) is 19.9 Å². The molecule has 2 aromatic rings. The van der Waals surface area contributed by atoms with E-state index in [0.717, 1.165) is 13.1 Å². The molecule has 0 bridgehead atoms. The molecule has 0 atom stereocenters. The zero-order chi connectivity index (χ0) is 18.5. The van der Waals surface area contributed by atoms with Crippen molar-refractivity contribution in [3.63, 3.8) is 0 Å². The molecular formula is C19H23N3O4. The Kier molecular flexibility index (Phi) is 5.48. The molecule has 0 saturated carbocycles. The fourth-order valence-electron chi connectivity index (χ4n) is 2.83. The van der Waals surface area contributed by atoms with E-state index in [-0.39, 0.29) is 5.91 Å². The summed E-state index contributed by atoms with van der Waals surface area (Å²) in [6, 6.07) is 10.3. The molecule has 1 fully saturated rings. The molecule has 7 nitrogen and oxygen atoms in total. The minimum absolute atomic E-state index is 0.0177. The van der Waals surface area contributed by atoms with Crippen molar-refractivity contribution in [2.45, 2.75) is 0 Å². The van der Waals surface area contributed by atoms with E-state index in [1.165, 1.54) is 0 Å². The van der Waals surface area contributed by atoms with Gasteiger partial charge in [0.15, 0.2) is 11.5 Å². The van der Waals surface area contributed by atoms with Crippen molar-refractivity contribution in [2.75, 3.05) is 46.1 Å². The van der Waals surface area contributed by atoms with Gasteiger partial charge in [-0.2, -0.15) is 0 Å². The fourth-order valence-corrected chi connectivity index (χ4v) is 2.83. The van der Waals surface area contributed by atoms with Crippen LogP contribution in [0.2, 0.25) is 0 Å². The average molecular weight is 357 g/mol. The van der Waals surface area contributed by atoms with Gasteiger partial charge in [-0.3, -0.25) is 4.79 Å². The maximum Gasteiger partial charge on any atom is 0.254 e. The smallest absolute Gasteiger partial charge is 0.254 e. The maximum absolute atomic E-state index is 12.5. The number of methoxy groups -OCH3 is 2. The number of hydrogen-bond donors (Lipinski definition) is 2. The summed E-state index contributed by atoms with van der Waals surface area (Å²) < 4.78 is 16.3. The summed E-state index contributed by atoms with van der Waals surface area (Å²) in [5.74, 6) is 2.21. The predicted octanol–water partition coefficient (Wildman–Crippen LogP) is 2.12. The average Bonchev–Trinajstić information content (AvgIpc) is 2.69. The van der Waals surface area contributed by atoms with E-state index in [0.29, 0.717) is 47.3 Å². The number of nitrogens with two attached hydrogens (primary N) is 1. The van der Waals surface area contributed by atoms with Crippen LogP contribution in [-0.2, 0) is 0 Å². The number of piperazine rings is 1. The van der Waals surface area contributed by atoms with E-state index < -0.39 is 0 Å². The number of nitrogens with zero attached hydrogens (tertiary/aromatic N) is 1. The minimum atomic E-state index is -0.0177. The lowest BCUT2D eigenvalue weighted by molar-refractivity contribution is 0.0736. The Morgan fingerprint density at radius 2 is 1.69 bits per heavy atom. The summed E-state index contributed by atoms with van der Waals surface area (Å²) in [7, 11) is 3.14. The second-order valence-corrected chi connectivity index (χ2v) is 5.91. The van der Waals surface area contributed by atoms with Crippen LogP contribution in [0.4, 0.5) is 5.69 Å². The topological polar surface area (TPSA) is 86.1 Å². The molecule has 7 heteroatoms. The Balaban J connectivity index is 1.76. The molecule has 2 aromatic carbocycles. The molecule has 3 N–H and O–H groups in total. The highest BCUT2D eigenvalue weighted by Crippen LogP contribution is 2.35. The number of ether oxygens (including phenoxy) is 3. The molecular weight excluding hydrogens is 334 g/mol. The number of hydrogen-bond acceptors (Lipinski definition) is 6. The van der Waals surface area contributed by atoms with Crippen molar-refractivity contribution >= 4 is 11.6 Å². The molecule has 3 rings (SSSR count). The molecule has 0 unspecified atom stereocenters. The molecule has 1 amide bonds. The number of nitrogen functional groups attached to an aromatic ring is 1. The Bertz CT molecular complexity index is 788. The zero-order valence-corrected chi connectivity index (χ0v) is 15.0. The van der Waals surface area contributed by atoms with Crippen LogP contribution in [0, 0.1) is 0 Å². The van der Waals surface area contributed by atoms with Crippen molar-refractivity contribution in [3.8, 4) is 23.0 Å².